The number of hydrogen-bond donors (Lipinski definition) is 1. The van der Waals surface area contributed by atoms with Gasteiger partial charge in [-0.25, -0.2) is 0 Å². The van der Waals surface area contributed by atoms with Gasteiger partial charge in [-0.15, -0.1) is 0 Å². The monoisotopic (exact) mass is 227 g/mol. The molecule has 0 bridgehead atoms. The summed E-state index contributed by atoms with van der Waals surface area (Å²) in [5.74, 6) is 0.168. The van der Waals surface area contributed by atoms with Gasteiger partial charge in [-0.05, 0) is 19.1 Å². The first kappa shape index (κ1) is 11.2. The Kier molecular flexibility index (Phi) is 3.10. The standard InChI is InChI=1S/C13H13N3O/c1-9-7-12(11(8-14)13(15)17-9)16-10-5-3-2-4-6-10/h2-6,9H,7,15H2,1H3. The van der Waals surface area contributed by atoms with E-state index >= 15 is 0 Å². The lowest BCUT2D eigenvalue weighted by Crippen LogP contribution is -2.26. The molecule has 0 aromatic heterocycles. The Morgan fingerprint density at radius 2 is 2.12 bits per heavy atom. The molecule has 4 nitrogen and oxygen atoms in total. The van der Waals surface area contributed by atoms with Crippen LogP contribution < -0.4 is 5.73 Å². The van der Waals surface area contributed by atoms with E-state index < -0.39 is 0 Å². The van der Waals surface area contributed by atoms with Gasteiger partial charge < -0.3 is 10.5 Å². The maximum atomic E-state index is 9.05. The number of nitrogens with zero attached hydrogens (tertiary/aromatic N) is 2. The summed E-state index contributed by atoms with van der Waals surface area (Å²) in [5.41, 5.74) is 7.52. The van der Waals surface area contributed by atoms with Crippen LogP contribution in [0.4, 0.5) is 5.69 Å². The van der Waals surface area contributed by atoms with Gasteiger partial charge in [0.25, 0.3) is 0 Å². The van der Waals surface area contributed by atoms with Crippen molar-refractivity contribution in [3.05, 3.63) is 41.8 Å². The van der Waals surface area contributed by atoms with E-state index in [1.165, 1.54) is 0 Å². The Morgan fingerprint density at radius 1 is 1.41 bits per heavy atom. The van der Waals surface area contributed by atoms with Crippen LogP contribution in [0.1, 0.15) is 13.3 Å². The van der Waals surface area contributed by atoms with Gasteiger partial charge in [-0.2, -0.15) is 5.26 Å². The molecule has 1 atom stereocenters. The minimum atomic E-state index is -0.0467. The number of aliphatic imine (C=N–C) groups is 1. The third-order valence-corrected chi connectivity index (χ3v) is 2.48. The lowest BCUT2D eigenvalue weighted by molar-refractivity contribution is 0.128. The van der Waals surface area contributed by atoms with Crippen molar-refractivity contribution >= 4 is 11.4 Å². The molecule has 0 saturated carbocycles. The van der Waals surface area contributed by atoms with Crippen LogP contribution in [0.5, 0.6) is 0 Å². The molecule has 1 aromatic carbocycles. The van der Waals surface area contributed by atoms with Crippen LogP contribution in [0.25, 0.3) is 0 Å². The van der Waals surface area contributed by atoms with Crippen molar-refractivity contribution in [1.29, 1.82) is 5.26 Å². The summed E-state index contributed by atoms with van der Waals surface area (Å²) in [4.78, 5) is 4.45. The number of ether oxygens (including phenoxy) is 1. The van der Waals surface area contributed by atoms with E-state index in [0.29, 0.717) is 17.7 Å². The van der Waals surface area contributed by atoms with Gasteiger partial charge in [0, 0.05) is 6.42 Å². The van der Waals surface area contributed by atoms with E-state index in [-0.39, 0.29) is 12.0 Å². The lowest BCUT2D eigenvalue weighted by atomic mass is 10.0. The number of rotatable bonds is 1. The van der Waals surface area contributed by atoms with Gasteiger partial charge in [-0.3, -0.25) is 4.99 Å². The Balaban J connectivity index is 2.41. The number of hydrogen-bond acceptors (Lipinski definition) is 4. The molecule has 17 heavy (non-hydrogen) atoms. The molecule has 0 saturated heterocycles. The number of allylic oxidation sites excluding steroid dienone is 1. The fourth-order valence-electron chi connectivity index (χ4n) is 1.71. The van der Waals surface area contributed by atoms with E-state index in [9.17, 15) is 0 Å². The first-order chi connectivity index (χ1) is 8.20. The highest BCUT2D eigenvalue weighted by molar-refractivity contribution is 6.05. The molecule has 0 radical (unpaired) electrons. The molecule has 1 aromatic rings. The lowest BCUT2D eigenvalue weighted by Gasteiger charge is -2.22. The SMILES string of the molecule is CC1CC(=Nc2ccccc2)C(C#N)=C(N)O1. The number of nitriles is 1. The summed E-state index contributed by atoms with van der Waals surface area (Å²) in [7, 11) is 0. The molecule has 1 aliphatic heterocycles. The van der Waals surface area contributed by atoms with Gasteiger partial charge in [-0.1, -0.05) is 18.2 Å². The van der Waals surface area contributed by atoms with E-state index in [1.807, 2.05) is 43.3 Å². The zero-order valence-electron chi connectivity index (χ0n) is 9.55. The van der Waals surface area contributed by atoms with Crippen molar-refractivity contribution in [2.45, 2.75) is 19.4 Å². The van der Waals surface area contributed by atoms with Crippen LogP contribution >= 0.6 is 0 Å². The minimum absolute atomic E-state index is 0.0467. The van der Waals surface area contributed by atoms with Gasteiger partial charge in [0.15, 0.2) is 0 Å². The van der Waals surface area contributed by atoms with E-state index in [1.54, 1.807) is 0 Å². The molecular weight excluding hydrogens is 214 g/mol. The zero-order valence-corrected chi connectivity index (χ0v) is 9.55. The second-order valence-electron chi connectivity index (χ2n) is 3.88. The van der Waals surface area contributed by atoms with Gasteiger partial charge in [0.05, 0.1) is 11.4 Å². The largest absolute Gasteiger partial charge is 0.475 e. The molecule has 0 amide bonds. The molecule has 2 rings (SSSR count). The smallest absolute Gasteiger partial charge is 0.204 e. The number of benzene rings is 1. The van der Waals surface area contributed by atoms with Crippen LogP contribution in [0, 0.1) is 11.3 Å². The van der Waals surface area contributed by atoms with Crippen LogP contribution in [-0.2, 0) is 4.74 Å². The summed E-state index contributed by atoms with van der Waals surface area (Å²) < 4.78 is 5.31. The van der Waals surface area contributed by atoms with E-state index in [4.69, 9.17) is 15.7 Å². The fraction of sp³-hybridized carbons (Fsp3) is 0.231. The van der Waals surface area contributed by atoms with Crippen LogP contribution in [0.2, 0.25) is 0 Å². The normalized spacial score (nSPS) is 22.1. The second-order valence-corrected chi connectivity index (χ2v) is 3.88. The first-order valence-corrected chi connectivity index (χ1v) is 5.40. The van der Waals surface area contributed by atoms with E-state index in [2.05, 4.69) is 4.99 Å². The number of para-hydroxylation sites is 1. The van der Waals surface area contributed by atoms with Crippen LogP contribution in [0.3, 0.4) is 0 Å². The third kappa shape index (κ3) is 2.45. The summed E-state index contributed by atoms with van der Waals surface area (Å²) in [5, 5.41) is 9.05. The van der Waals surface area contributed by atoms with Crippen molar-refractivity contribution in [1.82, 2.24) is 0 Å². The van der Waals surface area contributed by atoms with Gasteiger partial charge in [0.1, 0.15) is 17.7 Å². The molecule has 0 fully saturated rings. The van der Waals surface area contributed by atoms with Gasteiger partial charge >= 0.3 is 0 Å². The molecule has 0 spiro atoms. The average Bonchev–Trinajstić information content (AvgIpc) is 2.30. The van der Waals surface area contributed by atoms with Crippen molar-refractivity contribution in [2.75, 3.05) is 0 Å². The topological polar surface area (TPSA) is 71.4 Å². The summed E-state index contributed by atoms with van der Waals surface area (Å²) in [6, 6.07) is 11.5. The fourth-order valence-corrected chi connectivity index (χ4v) is 1.71. The van der Waals surface area contributed by atoms with Gasteiger partial charge in [0.2, 0.25) is 5.88 Å². The highest BCUT2D eigenvalue weighted by Gasteiger charge is 2.23. The predicted octanol–water partition coefficient (Wildman–Crippen LogP) is 2.26. The maximum Gasteiger partial charge on any atom is 0.204 e. The molecule has 0 aliphatic carbocycles. The predicted molar refractivity (Wildman–Crippen MR) is 65.5 cm³/mol. The highest BCUT2D eigenvalue weighted by atomic mass is 16.5. The third-order valence-electron chi connectivity index (χ3n) is 2.48. The second kappa shape index (κ2) is 4.71. The van der Waals surface area contributed by atoms with Crippen molar-refractivity contribution < 1.29 is 4.74 Å². The Hall–Kier alpha value is -2.28. The maximum absolute atomic E-state index is 9.05. The zero-order chi connectivity index (χ0) is 12.3. The summed E-state index contributed by atoms with van der Waals surface area (Å²) in [6.07, 6.45) is 0.549. The van der Waals surface area contributed by atoms with Crippen LogP contribution in [-0.4, -0.2) is 11.8 Å². The molecule has 1 unspecified atom stereocenters. The molecule has 1 heterocycles. The van der Waals surface area contributed by atoms with E-state index in [0.717, 1.165) is 5.69 Å². The minimum Gasteiger partial charge on any atom is -0.475 e. The average molecular weight is 227 g/mol. The summed E-state index contributed by atoms with van der Waals surface area (Å²) >= 11 is 0. The van der Waals surface area contributed by atoms with Crippen molar-refractivity contribution in [3.63, 3.8) is 0 Å². The first-order valence-electron chi connectivity index (χ1n) is 5.40. The molecule has 1 aliphatic rings. The molecule has 86 valence electrons. The Morgan fingerprint density at radius 3 is 2.76 bits per heavy atom. The quantitative estimate of drug-likeness (QED) is 0.799. The van der Waals surface area contributed by atoms with Crippen molar-refractivity contribution in [2.24, 2.45) is 10.7 Å². The Bertz CT molecular complexity index is 511. The Labute approximate surface area is 100 Å². The van der Waals surface area contributed by atoms with Crippen LogP contribution in [0.15, 0.2) is 46.8 Å². The summed E-state index contributed by atoms with van der Waals surface area (Å²) in [6.45, 7) is 1.90. The molecule has 2 N–H and O–H groups in total. The highest BCUT2D eigenvalue weighted by Crippen LogP contribution is 2.21. The molecule has 4 heteroatoms. The van der Waals surface area contributed by atoms with Crippen molar-refractivity contribution in [3.8, 4) is 6.07 Å². The number of nitrogens with two attached hydrogens (primary N) is 1. The molecular formula is C13H13N3O.